The fourth-order valence-electron chi connectivity index (χ4n) is 3.69. The van der Waals surface area contributed by atoms with Gasteiger partial charge in [-0.15, -0.1) is 11.3 Å². The predicted octanol–water partition coefficient (Wildman–Crippen LogP) is 4.54. The summed E-state index contributed by atoms with van der Waals surface area (Å²) in [5, 5.41) is 3.19. The number of carbonyl (C=O) groups excluding carboxylic acids is 1. The number of benzene rings is 2. The molecule has 9 heteroatoms. The van der Waals surface area contributed by atoms with Crippen molar-refractivity contribution in [3.8, 4) is 22.6 Å². The van der Waals surface area contributed by atoms with Crippen LogP contribution in [0.2, 0.25) is 0 Å². The average Bonchev–Trinajstić information content (AvgIpc) is 3.12. The second-order valence-corrected chi connectivity index (χ2v) is 8.59. The summed E-state index contributed by atoms with van der Waals surface area (Å²) >= 11 is 1.40. The molecule has 2 aromatic heterocycles. The van der Waals surface area contributed by atoms with E-state index >= 15 is 0 Å². The molecule has 0 aliphatic heterocycles. The summed E-state index contributed by atoms with van der Waals surface area (Å²) in [5.41, 5.74) is 1.53. The van der Waals surface area contributed by atoms with Crippen LogP contribution in [0.15, 0.2) is 47.3 Å². The van der Waals surface area contributed by atoms with Crippen molar-refractivity contribution in [3.63, 3.8) is 0 Å². The van der Waals surface area contributed by atoms with Gasteiger partial charge in [0.25, 0.3) is 5.56 Å². The molecule has 1 amide bonds. The number of methoxy groups -OCH3 is 2. The van der Waals surface area contributed by atoms with Crippen molar-refractivity contribution in [1.29, 1.82) is 0 Å². The number of carbonyl (C=O) groups is 1. The highest BCUT2D eigenvalue weighted by Crippen LogP contribution is 2.36. The van der Waals surface area contributed by atoms with E-state index in [4.69, 9.17) is 9.47 Å². The number of hydrogen-bond acceptors (Lipinski definition) is 6. The molecular formula is C24H22FN3O4S. The van der Waals surface area contributed by atoms with Crippen molar-refractivity contribution in [2.24, 2.45) is 0 Å². The summed E-state index contributed by atoms with van der Waals surface area (Å²) in [6.07, 6.45) is 0. The van der Waals surface area contributed by atoms with Crippen LogP contribution in [-0.2, 0) is 11.3 Å². The predicted molar refractivity (Wildman–Crippen MR) is 127 cm³/mol. The first-order valence-corrected chi connectivity index (χ1v) is 10.9. The smallest absolute Gasteiger partial charge is 0.263 e. The summed E-state index contributed by atoms with van der Waals surface area (Å²) in [4.78, 5) is 32.4. The molecule has 170 valence electrons. The summed E-state index contributed by atoms with van der Waals surface area (Å²) in [5.74, 6) is 0.677. The third-order valence-electron chi connectivity index (χ3n) is 5.29. The number of nitrogens with one attached hydrogen (secondary N) is 1. The molecule has 2 heterocycles. The van der Waals surface area contributed by atoms with Gasteiger partial charge in [-0.2, -0.15) is 0 Å². The van der Waals surface area contributed by atoms with Gasteiger partial charge in [-0.05, 0) is 43.7 Å². The van der Waals surface area contributed by atoms with Gasteiger partial charge in [0.1, 0.15) is 34.5 Å². The zero-order chi connectivity index (χ0) is 23.7. The molecule has 0 saturated carbocycles. The standard InChI is InChI=1S/C24H22FN3O4S/c1-13-21(15-5-7-16(25)8-6-15)22-23(33-13)26-14(2)28(24(22)30)12-20(29)27-18-11-17(31-3)9-10-19(18)32-4/h5-11H,12H2,1-4H3,(H,27,29). The number of halogens is 1. The number of nitrogens with zero attached hydrogens (tertiary/aromatic N) is 2. The van der Waals surface area contributed by atoms with E-state index in [-0.39, 0.29) is 17.9 Å². The summed E-state index contributed by atoms with van der Waals surface area (Å²) in [6, 6.07) is 11.0. The lowest BCUT2D eigenvalue weighted by atomic mass is 10.0. The van der Waals surface area contributed by atoms with Crippen LogP contribution in [0.3, 0.4) is 0 Å². The third kappa shape index (κ3) is 4.31. The minimum atomic E-state index is -0.414. The van der Waals surface area contributed by atoms with Crippen LogP contribution in [0.5, 0.6) is 11.5 Å². The van der Waals surface area contributed by atoms with Crippen molar-refractivity contribution in [2.45, 2.75) is 20.4 Å². The molecule has 0 aliphatic carbocycles. The van der Waals surface area contributed by atoms with Crippen LogP contribution in [0.1, 0.15) is 10.7 Å². The maximum Gasteiger partial charge on any atom is 0.263 e. The largest absolute Gasteiger partial charge is 0.497 e. The molecule has 0 bridgehead atoms. The van der Waals surface area contributed by atoms with Gasteiger partial charge in [-0.3, -0.25) is 14.2 Å². The number of aromatic nitrogens is 2. The first kappa shape index (κ1) is 22.5. The normalized spacial score (nSPS) is 10.9. The van der Waals surface area contributed by atoms with Crippen LogP contribution < -0.4 is 20.3 Å². The summed E-state index contributed by atoms with van der Waals surface area (Å²) in [6.45, 7) is 3.35. The number of rotatable bonds is 6. The minimum absolute atomic E-state index is 0.230. The topological polar surface area (TPSA) is 82.4 Å². The Kier molecular flexibility index (Phi) is 6.15. The van der Waals surface area contributed by atoms with Crippen LogP contribution in [0.4, 0.5) is 10.1 Å². The number of ether oxygens (including phenoxy) is 2. The van der Waals surface area contributed by atoms with Gasteiger partial charge in [0.05, 0.1) is 25.3 Å². The van der Waals surface area contributed by atoms with E-state index in [0.29, 0.717) is 38.8 Å². The Morgan fingerprint density at radius 2 is 1.85 bits per heavy atom. The number of hydrogen-bond donors (Lipinski definition) is 1. The zero-order valence-corrected chi connectivity index (χ0v) is 19.4. The molecule has 2 aromatic carbocycles. The average molecular weight is 468 g/mol. The Morgan fingerprint density at radius 3 is 2.52 bits per heavy atom. The Hall–Kier alpha value is -3.72. The maximum atomic E-state index is 13.5. The first-order chi connectivity index (χ1) is 15.8. The highest BCUT2D eigenvalue weighted by atomic mass is 32.1. The summed E-state index contributed by atoms with van der Waals surface area (Å²) < 4.78 is 25.3. The second kappa shape index (κ2) is 9.03. The molecule has 33 heavy (non-hydrogen) atoms. The van der Waals surface area contributed by atoms with Crippen LogP contribution in [-0.4, -0.2) is 29.7 Å². The van der Waals surface area contributed by atoms with Crippen LogP contribution >= 0.6 is 11.3 Å². The lowest BCUT2D eigenvalue weighted by Gasteiger charge is -2.13. The van der Waals surface area contributed by atoms with Gasteiger partial charge in [-0.1, -0.05) is 12.1 Å². The quantitative estimate of drug-likeness (QED) is 0.450. The Morgan fingerprint density at radius 1 is 1.12 bits per heavy atom. The first-order valence-electron chi connectivity index (χ1n) is 10.1. The molecule has 0 spiro atoms. The number of fused-ring (bicyclic) bond motifs is 1. The van der Waals surface area contributed by atoms with E-state index in [1.165, 1.54) is 42.3 Å². The van der Waals surface area contributed by atoms with E-state index in [2.05, 4.69) is 10.3 Å². The fourth-order valence-corrected chi connectivity index (χ4v) is 4.77. The van der Waals surface area contributed by atoms with Gasteiger partial charge < -0.3 is 14.8 Å². The zero-order valence-electron chi connectivity index (χ0n) is 18.6. The van der Waals surface area contributed by atoms with Crippen molar-refractivity contribution < 1.29 is 18.7 Å². The molecule has 4 aromatic rings. The van der Waals surface area contributed by atoms with Crippen LogP contribution in [0, 0.1) is 19.7 Å². The van der Waals surface area contributed by atoms with E-state index in [9.17, 15) is 14.0 Å². The number of aryl methyl sites for hydroxylation is 2. The molecule has 0 unspecified atom stereocenters. The monoisotopic (exact) mass is 467 g/mol. The fraction of sp³-hybridized carbons (Fsp3) is 0.208. The number of amides is 1. The highest BCUT2D eigenvalue weighted by Gasteiger charge is 2.20. The van der Waals surface area contributed by atoms with Gasteiger partial charge in [0, 0.05) is 16.5 Å². The lowest BCUT2D eigenvalue weighted by molar-refractivity contribution is -0.116. The van der Waals surface area contributed by atoms with Gasteiger partial charge in [0.2, 0.25) is 5.91 Å². The van der Waals surface area contributed by atoms with Crippen molar-refractivity contribution in [2.75, 3.05) is 19.5 Å². The van der Waals surface area contributed by atoms with E-state index < -0.39 is 5.91 Å². The summed E-state index contributed by atoms with van der Waals surface area (Å²) in [7, 11) is 3.03. The molecule has 0 saturated heterocycles. The second-order valence-electron chi connectivity index (χ2n) is 7.38. The molecule has 7 nitrogen and oxygen atoms in total. The molecule has 4 rings (SSSR count). The number of thiophene rings is 1. The third-order valence-corrected chi connectivity index (χ3v) is 6.29. The van der Waals surface area contributed by atoms with E-state index in [1.54, 1.807) is 37.3 Å². The Bertz CT molecular complexity index is 1410. The highest BCUT2D eigenvalue weighted by molar-refractivity contribution is 7.19. The molecular weight excluding hydrogens is 445 g/mol. The van der Waals surface area contributed by atoms with Crippen molar-refractivity contribution in [1.82, 2.24) is 9.55 Å². The Labute approximate surface area is 193 Å². The molecule has 1 N–H and O–H groups in total. The lowest BCUT2D eigenvalue weighted by Crippen LogP contribution is -2.30. The maximum absolute atomic E-state index is 13.5. The molecule has 0 atom stereocenters. The molecule has 0 aliphatic rings. The van der Waals surface area contributed by atoms with Crippen molar-refractivity contribution in [3.05, 3.63) is 69.3 Å². The molecule has 0 radical (unpaired) electrons. The van der Waals surface area contributed by atoms with E-state index in [0.717, 1.165) is 10.4 Å². The van der Waals surface area contributed by atoms with E-state index in [1.807, 2.05) is 6.92 Å². The van der Waals surface area contributed by atoms with Gasteiger partial charge >= 0.3 is 0 Å². The minimum Gasteiger partial charge on any atom is -0.497 e. The van der Waals surface area contributed by atoms with Crippen LogP contribution in [0.25, 0.3) is 21.3 Å². The Balaban J connectivity index is 1.73. The molecule has 0 fully saturated rings. The van der Waals surface area contributed by atoms with Gasteiger partial charge in [-0.25, -0.2) is 9.37 Å². The number of anilines is 1. The van der Waals surface area contributed by atoms with Gasteiger partial charge in [0.15, 0.2) is 0 Å². The SMILES string of the molecule is COc1ccc(OC)c(NC(=O)Cn2c(C)nc3sc(C)c(-c4ccc(F)cc4)c3c2=O)c1. The van der Waals surface area contributed by atoms with Crippen molar-refractivity contribution >= 4 is 33.1 Å².